The van der Waals surface area contributed by atoms with Gasteiger partial charge in [0.2, 0.25) is 0 Å². The number of benzene rings is 1. The summed E-state index contributed by atoms with van der Waals surface area (Å²) in [6.07, 6.45) is 0.0363. The lowest BCUT2D eigenvalue weighted by molar-refractivity contribution is -0.385. The minimum Gasteiger partial charge on any atom is -0.382 e. The number of hydrogen-bond donors (Lipinski definition) is 1. The number of ether oxygens (including phenoxy) is 2. The first-order chi connectivity index (χ1) is 8.66. The van der Waals surface area contributed by atoms with Gasteiger partial charge in [0.1, 0.15) is 0 Å². The molecule has 1 heterocycles. The Morgan fingerprint density at radius 1 is 1.50 bits per heavy atom. The lowest BCUT2D eigenvalue weighted by Gasteiger charge is -2.23. The van der Waals surface area contributed by atoms with Gasteiger partial charge in [-0.2, -0.15) is 0 Å². The Kier molecular flexibility index (Phi) is 4.11. The van der Waals surface area contributed by atoms with Crippen molar-refractivity contribution < 1.29 is 14.4 Å². The fourth-order valence-electron chi connectivity index (χ4n) is 1.86. The van der Waals surface area contributed by atoms with E-state index in [0.29, 0.717) is 31.9 Å². The minimum absolute atomic E-state index is 0.0363. The molecule has 1 unspecified atom stereocenters. The van der Waals surface area contributed by atoms with Crippen LogP contribution < -0.4 is 5.32 Å². The van der Waals surface area contributed by atoms with E-state index in [2.05, 4.69) is 5.32 Å². The van der Waals surface area contributed by atoms with Crippen molar-refractivity contribution >= 4 is 11.4 Å². The van der Waals surface area contributed by atoms with Gasteiger partial charge in [0, 0.05) is 23.9 Å². The molecule has 0 saturated carbocycles. The number of nitro benzene ring substituents is 1. The van der Waals surface area contributed by atoms with Crippen LogP contribution in [0.25, 0.3) is 0 Å². The second-order valence-corrected chi connectivity index (χ2v) is 4.21. The van der Waals surface area contributed by atoms with Crippen LogP contribution in [0.4, 0.5) is 11.4 Å². The molecule has 1 fully saturated rings. The first-order valence-electron chi connectivity index (χ1n) is 5.85. The molecule has 0 spiro atoms. The van der Waals surface area contributed by atoms with Crippen LogP contribution in [0.1, 0.15) is 5.56 Å². The lowest BCUT2D eigenvalue weighted by atomic mass is 10.2. The SMILES string of the molecule is Cc1cc(NCC2COCCO2)ccc1[N+](=O)[O-]. The Morgan fingerprint density at radius 2 is 2.33 bits per heavy atom. The maximum Gasteiger partial charge on any atom is 0.272 e. The second kappa shape index (κ2) is 5.79. The zero-order valence-corrected chi connectivity index (χ0v) is 10.2. The molecular weight excluding hydrogens is 236 g/mol. The molecule has 0 amide bonds. The van der Waals surface area contributed by atoms with Gasteiger partial charge in [0.05, 0.1) is 30.8 Å². The Bertz CT molecular complexity index is 430. The number of nitrogens with one attached hydrogen (secondary N) is 1. The fraction of sp³-hybridized carbons (Fsp3) is 0.500. The zero-order chi connectivity index (χ0) is 13.0. The molecule has 1 saturated heterocycles. The Morgan fingerprint density at radius 3 is 2.94 bits per heavy atom. The monoisotopic (exact) mass is 252 g/mol. The molecule has 1 N–H and O–H groups in total. The molecule has 1 aromatic carbocycles. The topological polar surface area (TPSA) is 73.6 Å². The summed E-state index contributed by atoms with van der Waals surface area (Å²) in [7, 11) is 0. The average Bonchev–Trinajstić information content (AvgIpc) is 2.37. The van der Waals surface area contributed by atoms with Crippen LogP contribution in [-0.4, -0.2) is 37.4 Å². The predicted molar refractivity (Wildman–Crippen MR) is 66.9 cm³/mol. The summed E-state index contributed by atoms with van der Waals surface area (Å²) in [4.78, 5) is 10.3. The molecule has 1 atom stereocenters. The maximum atomic E-state index is 10.7. The van der Waals surface area contributed by atoms with Gasteiger partial charge in [-0.3, -0.25) is 10.1 Å². The summed E-state index contributed by atoms with van der Waals surface area (Å²) in [5, 5.41) is 13.9. The van der Waals surface area contributed by atoms with E-state index < -0.39 is 0 Å². The van der Waals surface area contributed by atoms with Gasteiger partial charge in [0.15, 0.2) is 0 Å². The maximum absolute atomic E-state index is 10.7. The first-order valence-corrected chi connectivity index (χ1v) is 5.85. The molecule has 0 bridgehead atoms. The molecule has 18 heavy (non-hydrogen) atoms. The van der Waals surface area contributed by atoms with Crippen LogP contribution in [-0.2, 0) is 9.47 Å². The molecule has 2 rings (SSSR count). The number of anilines is 1. The zero-order valence-electron chi connectivity index (χ0n) is 10.2. The van der Waals surface area contributed by atoms with Crippen LogP contribution in [0.3, 0.4) is 0 Å². The molecule has 1 aliphatic rings. The van der Waals surface area contributed by atoms with Gasteiger partial charge in [-0.25, -0.2) is 0 Å². The molecule has 0 aromatic heterocycles. The van der Waals surface area contributed by atoms with E-state index in [9.17, 15) is 10.1 Å². The summed E-state index contributed by atoms with van der Waals surface area (Å²) in [5.74, 6) is 0. The van der Waals surface area contributed by atoms with Crippen molar-refractivity contribution in [3.63, 3.8) is 0 Å². The number of nitro groups is 1. The van der Waals surface area contributed by atoms with Crippen molar-refractivity contribution in [3.8, 4) is 0 Å². The van der Waals surface area contributed by atoms with Crippen LogP contribution in [0, 0.1) is 17.0 Å². The van der Waals surface area contributed by atoms with Crippen molar-refractivity contribution in [2.75, 3.05) is 31.7 Å². The van der Waals surface area contributed by atoms with Crippen molar-refractivity contribution in [3.05, 3.63) is 33.9 Å². The molecule has 0 radical (unpaired) electrons. The summed E-state index contributed by atoms with van der Waals surface area (Å²) < 4.78 is 10.8. The van der Waals surface area contributed by atoms with Crippen molar-refractivity contribution in [1.82, 2.24) is 0 Å². The Labute approximate surface area is 105 Å². The molecule has 98 valence electrons. The van der Waals surface area contributed by atoms with E-state index in [4.69, 9.17) is 9.47 Å². The number of rotatable bonds is 4. The summed E-state index contributed by atoms with van der Waals surface area (Å²) in [6, 6.07) is 4.98. The van der Waals surface area contributed by atoms with E-state index in [1.165, 1.54) is 6.07 Å². The van der Waals surface area contributed by atoms with Gasteiger partial charge in [-0.15, -0.1) is 0 Å². The van der Waals surface area contributed by atoms with Crippen molar-refractivity contribution in [1.29, 1.82) is 0 Å². The van der Waals surface area contributed by atoms with E-state index in [1.807, 2.05) is 0 Å². The standard InChI is InChI=1S/C12H16N2O4/c1-9-6-10(2-3-12(9)14(15)16)13-7-11-8-17-4-5-18-11/h2-3,6,11,13H,4-5,7-8H2,1H3. The number of aryl methyl sites for hydroxylation is 1. The number of nitrogens with zero attached hydrogens (tertiary/aromatic N) is 1. The highest BCUT2D eigenvalue weighted by molar-refractivity contribution is 5.53. The van der Waals surface area contributed by atoms with Crippen LogP contribution in [0.2, 0.25) is 0 Å². The quantitative estimate of drug-likeness (QED) is 0.652. The third-order valence-corrected chi connectivity index (χ3v) is 2.81. The minimum atomic E-state index is -0.378. The first kappa shape index (κ1) is 12.8. The molecule has 6 heteroatoms. The molecule has 0 aliphatic carbocycles. The Hall–Kier alpha value is -1.66. The predicted octanol–water partition coefficient (Wildman–Crippen LogP) is 1.73. The van der Waals surface area contributed by atoms with Gasteiger partial charge in [-0.1, -0.05) is 0 Å². The highest BCUT2D eigenvalue weighted by Crippen LogP contribution is 2.21. The highest BCUT2D eigenvalue weighted by Gasteiger charge is 2.14. The molecular formula is C12H16N2O4. The van der Waals surface area contributed by atoms with Gasteiger partial charge in [0.25, 0.3) is 5.69 Å². The van der Waals surface area contributed by atoms with Gasteiger partial charge in [-0.05, 0) is 19.1 Å². The summed E-state index contributed by atoms with van der Waals surface area (Å²) >= 11 is 0. The van der Waals surface area contributed by atoms with Crippen molar-refractivity contribution in [2.24, 2.45) is 0 Å². The highest BCUT2D eigenvalue weighted by atomic mass is 16.6. The van der Waals surface area contributed by atoms with Gasteiger partial charge >= 0.3 is 0 Å². The summed E-state index contributed by atoms with van der Waals surface area (Å²) in [5.41, 5.74) is 1.64. The summed E-state index contributed by atoms with van der Waals surface area (Å²) in [6.45, 7) is 4.21. The normalized spacial score (nSPS) is 19.5. The fourth-order valence-corrected chi connectivity index (χ4v) is 1.86. The van der Waals surface area contributed by atoms with Crippen LogP contribution in [0.15, 0.2) is 18.2 Å². The van der Waals surface area contributed by atoms with E-state index in [0.717, 1.165) is 5.69 Å². The van der Waals surface area contributed by atoms with Crippen LogP contribution in [0.5, 0.6) is 0 Å². The largest absolute Gasteiger partial charge is 0.382 e. The van der Waals surface area contributed by atoms with E-state index in [-0.39, 0.29) is 16.7 Å². The average molecular weight is 252 g/mol. The molecule has 1 aromatic rings. The molecule has 6 nitrogen and oxygen atoms in total. The van der Waals surface area contributed by atoms with Crippen LogP contribution >= 0.6 is 0 Å². The Balaban J connectivity index is 1.93. The molecule has 1 aliphatic heterocycles. The third kappa shape index (κ3) is 3.18. The lowest BCUT2D eigenvalue weighted by Crippen LogP contribution is -2.34. The van der Waals surface area contributed by atoms with Gasteiger partial charge < -0.3 is 14.8 Å². The van der Waals surface area contributed by atoms with E-state index in [1.54, 1.807) is 19.1 Å². The third-order valence-electron chi connectivity index (χ3n) is 2.81. The van der Waals surface area contributed by atoms with E-state index >= 15 is 0 Å². The smallest absolute Gasteiger partial charge is 0.272 e. The number of hydrogen-bond acceptors (Lipinski definition) is 5. The second-order valence-electron chi connectivity index (χ2n) is 4.21. The van der Waals surface area contributed by atoms with Crippen molar-refractivity contribution in [2.45, 2.75) is 13.0 Å².